The molecule has 0 spiro atoms. The van der Waals surface area contributed by atoms with Crippen LogP contribution in [-0.4, -0.2) is 17.1 Å². The van der Waals surface area contributed by atoms with E-state index in [1.54, 1.807) is 12.3 Å². The smallest absolute Gasteiger partial charge is 0.310 e. The van der Waals surface area contributed by atoms with Gasteiger partial charge < -0.3 is 5.32 Å². The van der Waals surface area contributed by atoms with Crippen LogP contribution in [0.3, 0.4) is 0 Å². The van der Waals surface area contributed by atoms with Crippen LogP contribution < -0.4 is 5.32 Å². The van der Waals surface area contributed by atoms with Gasteiger partial charge in [-0.15, -0.1) is 0 Å². The number of hydrogen-bond donors (Lipinski definition) is 1. The Morgan fingerprint density at radius 3 is 2.48 bits per heavy atom. The number of nitrogens with one attached hydrogen (secondary N) is 1. The maximum Gasteiger partial charge on any atom is 0.391 e. The predicted octanol–water partition coefficient (Wildman–Crippen LogP) is 4.46. The molecule has 0 radical (unpaired) electrons. The summed E-state index contributed by atoms with van der Waals surface area (Å²) < 4.78 is 38.6. The van der Waals surface area contributed by atoms with Gasteiger partial charge in [-0.25, -0.2) is 4.98 Å². The predicted molar refractivity (Wildman–Crippen MR) is 76.8 cm³/mol. The summed E-state index contributed by atoms with van der Waals surface area (Å²) in [5.74, 6) is -1.45. The van der Waals surface area contributed by atoms with Gasteiger partial charge in [0.1, 0.15) is 5.82 Å². The molecule has 0 aromatic carbocycles. The molecule has 21 heavy (non-hydrogen) atoms. The lowest BCUT2D eigenvalue weighted by Gasteiger charge is -2.29. The van der Waals surface area contributed by atoms with Crippen molar-refractivity contribution >= 4 is 27.7 Å². The maximum atomic E-state index is 12.6. The van der Waals surface area contributed by atoms with Crippen LogP contribution in [0.1, 0.15) is 31.2 Å². The summed E-state index contributed by atoms with van der Waals surface area (Å²) in [6.45, 7) is 1.87. The lowest BCUT2D eigenvalue weighted by molar-refractivity contribution is -0.184. The first-order chi connectivity index (χ1) is 9.77. The molecule has 0 atom stereocenters. The summed E-state index contributed by atoms with van der Waals surface area (Å²) in [6.07, 6.45) is -1.98. The third-order valence-electron chi connectivity index (χ3n) is 3.86. The molecular weight excluding hydrogens is 349 g/mol. The average Bonchev–Trinajstić information content (AvgIpc) is 2.42. The van der Waals surface area contributed by atoms with Crippen LogP contribution in [0.15, 0.2) is 16.7 Å². The fraction of sp³-hybridized carbons (Fsp3) is 0.571. The Kier molecular flexibility index (Phi) is 4.91. The number of hydrogen-bond acceptors (Lipinski definition) is 2. The Balaban J connectivity index is 1.92. The first-order valence-electron chi connectivity index (χ1n) is 6.77. The van der Waals surface area contributed by atoms with Gasteiger partial charge >= 0.3 is 6.18 Å². The molecule has 0 bridgehead atoms. The van der Waals surface area contributed by atoms with Crippen molar-refractivity contribution in [2.45, 2.75) is 38.8 Å². The van der Waals surface area contributed by atoms with Gasteiger partial charge in [0.05, 0.1) is 5.92 Å². The minimum absolute atomic E-state index is 0.0222. The minimum Gasteiger partial charge on any atom is -0.310 e. The van der Waals surface area contributed by atoms with Gasteiger partial charge in [-0.2, -0.15) is 13.2 Å². The van der Waals surface area contributed by atoms with Crippen LogP contribution in [0.4, 0.5) is 19.0 Å². The van der Waals surface area contributed by atoms with Crippen molar-refractivity contribution in [3.05, 3.63) is 22.3 Å². The third-order valence-corrected chi connectivity index (χ3v) is 4.69. The Bertz CT molecular complexity index is 525. The SMILES string of the molecule is Cc1cc(NC(=O)C2CCC(C(F)(F)F)CC2)ncc1Br. The van der Waals surface area contributed by atoms with Crippen molar-refractivity contribution in [3.8, 4) is 0 Å². The van der Waals surface area contributed by atoms with E-state index in [4.69, 9.17) is 0 Å². The van der Waals surface area contributed by atoms with Gasteiger partial charge in [0.15, 0.2) is 0 Å². The molecule has 2 rings (SSSR count). The van der Waals surface area contributed by atoms with Crippen LogP contribution in [-0.2, 0) is 4.79 Å². The van der Waals surface area contributed by atoms with E-state index in [1.807, 2.05) is 6.92 Å². The van der Waals surface area contributed by atoms with Crippen LogP contribution in [0.25, 0.3) is 0 Å². The van der Waals surface area contributed by atoms with Crippen LogP contribution in [0.2, 0.25) is 0 Å². The Hall–Kier alpha value is -1.11. The van der Waals surface area contributed by atoms with Crippen molar-refractivity contribution in [2.24, 2.45) is 11.8 Å². The van der Waals surface area contributed by atoms with Gasteiger partial charge in [0, 0.05) is 16.6 Å². The van der Waals surface area contributed by atoms with E-state index in [1.165, 1.54) is 0 Å². The molecular formula is C14H16BrF3N2O. The lowest BCUT2D eigenvalue weighted by Crippen LogP contribution is -2.32. The van der Waals surface area contributed by atoms with Crippen molar-refractivity contribution in [1.82, 2.24) is 4.98 Å². The number of anilines is 1. The molecule has 1 heterocycles. The highest BCUT2D eigenvalue weighted by atomic mass is 79.9. The highest BCUT2D eigenvalue weighted by Gasteiger charge is 2.42. The average molecular weight is 365 g/mol. The van der Waals surface area contributed by atoms with E-state index >= 15 is 0 Å². The minimum atomic E-state index is -4.15. The second-order valence-corrected chi connectivity index (χ2v) is 6.25. The van der Waals surface area contributed by atoms with Crippen LogP contribution in [0.5, 0.6) is 0 Å². The lowest BCUT2D eigenvalue weighted by atomic mass is 9.81. The number of carbonyl (C=O) groups is 1. The monoisotopic (exact) mass is 364 g/mol. The number of carbonyl (C=O) groups excluding carboxylic acids is 1. The summed E-state index contributed by atoms with van der Waals surface area (Å²) in [4.78, 5) is 16.1. The van der Waals surface area contributed by atoms with Gasteiger partial charge in [0.2, 0.25) is 5.91 Å². The number of halogens is 4. The number of amides is 1. The molecule has 1 aliphatic carbocycles. The standard InChI is InChI=1S/C14H16BrF3N2O/c1-8-6-12(19-7-11(8)15)20-13(21)9-2-4-10(5-3-9)14(16,17)18/h6-7,9-10H,2-5H2,1H3,(H,19,20,21). The first kappa shape index (κ1) is 16.3. The molecule has 1 amide bonds. The number of pyridine rings is 1. The van der Waals surface area contributed by atoms with Crippen LogP contribution in [0, 0.1) is 18.8 Å². The highest BCUT2D eigenvalue weighted by molar-refractivity contribution is 9.10. The summed E-state index contributed by atoms with van der Waals surface area (Å²) >= 11 is 3.32. The zero-order valence-corrected chi connectivity index (χ0v) is 13.1. The molecule has 1 fully saturated rings. The van der Waals surface area contributed by atoms with E-state index in [0.717, 1.165) is 10.0 Å². The number of aromatic nitrogens is 1. The summed E-state index contributed by atoms with van der Waals surface area (Å²) in [5.41, 5.74) is 0.932. The Morgan fingerprint density at radius 1 is 1.33 bits per heavy atom. The molecule has 7 heteroatoms. The Labute approximate surface area is 129 Å². The van der Waals surface area contributed by atoms with Gasteiger partial charge in [-0.3, -0.25) is 4.79 Å². The number of alkyl halides is 3. The Morgan fingerprint density at radius 2 is 1.95 bits per heavy atom. The van der Waals surface area contributed by atoms with Gasteiger partial charge in [-0.1, -0.05) is 0 Å². The second-order valence-electron chi connectivity index (χ2n) is 5.40. The second kappa shape index (κ2) is 6.34. The quantitative estimate of drug-likeness (QED) is 0.841. The van der Waals surface area contributed by atoms with Gasteiger partial charge in [-0.05, 0) is 60.2 Å². The zero-order chi connectivity index (χ0) is 15.6. The highest BCUT2D eigenvalue weighted by Crippen LogP contribution is 2.39. The van der Waals surface area contributed by atoms with E-state index in [9.17, 15) is 18.0 Å². The van der Waals surface area contributed by atoms with Crippen molar-refractivity contribution in [2.75, 3.05) is 5.32 Å². The van der Waals surface area contributed by atoms with Crippen molar-refractivity contribution < 1.29 is 18.0 Å². The molecule has 1 saturated carbocycles. The van der Waals surface area contributed by atoms with E-state index < -0.39 is 12.1 Å². The topological polar surface area (TPSA) is 42.0 Å². The normalized spacial score (nSPS) is 22.9. The largest absolute Gasteiger partial charge is 0.391 e. The van der Waals surface area contributed by atoms with Crippen molar-refractivity contribution in [3.63, 3.8) is 0 Å². The molecule has 116 valence electrons. The summed E-state index contributed by atoms with van der Waals surface area (Å²) in [6, 6.07) is 1.73. The van der Waals surface area contributed by atoms with E-state index in [-0.39, 0.29) is 37.5 Å². The number of nitrogens with zero attached hydrogens (tertiary/aromatic N) is 1. The van der Waals surface area contributed by atoms with E-state index in [2.05, 4.69) is 26.2 Å². The number of aryl methyl sites for hydroxylation is 1. The molecule has 1 aromatic heterocycles. The molecule has 1 aromatic rings. The molecule has 1 aliphatic rings. The third kappa shape index (κ3) is 4.18. The van der Waals surface area contributed by atoms with Crippen molar-refractivity contribution in [1.29, 1.82) is 0 Å². The molecule has 0 saturated heterocycles. The van der Waals surface area contributed by atoms with E-state index in [0.29, 0.717) is 5.82 Å². The molecule has 1 N–H and O–H groups in total. The summed E-state index contributed by atoms with van der Waals surface area (Å²) in [7, 11) is 0. The van der Waals surface area contributed by atoms with Crippen LogP contribution >= 0.6 is 15.9 Å². The van der Waals surface area contributed by atoms with Gasteiger partial charge in [0.25, 0.3) is 0 Å². The fourth-order valence-corrected chi connectivity index (χ4v) is 2.74. The number of rotatable bonds is 2. The fourth-order valence-electron chi connectivity index (χ4n) is 2.52. The first-order valence-corrected chi connectivity index (χ1v) is 7.56. The summed E-state index contributed by atoms with van der Waals surface area (Å²) in [5, 5.41) is 2.68. The molecule has 0 aliphatic heterocycles. The molecule has 3 nitrogen and oxygen atoms in total. The maximum absolute atomic E-state index is 12.6. The molecule has 0 unspecified atom stereocenters. The zero-order valence-electron chi connectivity index (χ0n) is 11.5.